The van der Waals surface area contributed by atoms with Crippen molar-refractivity contribution in [3.05, 3.63) is 40.5 Å². The Bertz CT molecular complexity index is 452. The van der Waals surface area contributed by atoms with Crippen molar-refractivity contribution in [2.24, 2.45) is 0 Å². The number of hydrogen-bond donors (Lipinski definition) is 2. The number of hydrogen-bond acceptors (Lipinski definition) is 2. The van der Waals surface area contributed by atoms with Gasteiger partial charge < -0.3 is 10.6 Å². The Kier molecular flexibility index (Phi) is 4.72. The van der Waals surface area contributed by atoms with Crippen LogP contribution in [0.15, 0.2) is 30.0 Å². The number of carbonyl (C=O) groups is 2. The molecular weight excluding hydrogens is 240 g/mol. The maximum atomic E-state index is 11.5. The van der Waals surface area contributed by atoms with Crippen LogP contribution in [-0.4, -0.2) is 18.9 Å². The molecule has 0 atom stereocenters. The molecule has 1 aromatic carbocycles. The second kappa shape index (κ2) is 6.06. The average Bonchev–Trinajstić information content (AvgIpc) is 2.29. The first kappa shape index (κ1) is 13.3. The zero-order valence-electron chi connectivity index (χ0n) is 9.58. The Balaban J connectivity index is 3.00. The van der Waals surface area contributed by atoms with E-state index < -0.39 is 0 Å². The Hall–Kier alpha value is -1.81. The third kappa shape index (κ3) is 4.28. The molecule has 0 fully saturated rings. The second-order valence-electron chi connectivity index (χ2n) is 3.37. The monoisotopic (exact) mass is 252 g/mol. The van der Waals surface area contributed by atoms with Crippen LogP contribution in [0.2, 0.25) is 5.02 Å². The molecule has 2 amide bonds. The molecule has 17 heavy (non-hydrogen) atoms. The molecular formula is C12H13ClN2O2. The Labute approximate surface area is 105 Å². The maximum Gasteiger partial charge on any atom is 0.267 e. The van der Waals surface area contributed by atoms with E-state index in [0.717, 1.165) is 5.56 Å². The van der Waals surface area contributed by atoms with Gasteiger partial charge in [0.2, 0.25) is 5.91 Å². The van der Waals surface area contributed by atoms with Crippen LogP contribution in [-0.2, 0) is 9.59 Å². The van der Waals surface area contributed by atoms with Gasteiger partial charge in [0.25, 0.3) is 5.91 Å². The summed E-state index contributed by atoms with van der Waals surface area (Å²) in [5.74, 6) is -0.649. The van der Waals surface area contributed by atoms with E-state index in [1.807, 2.05) is 0 Å². The van der Waals surface area contributed by atoms with Gasteiger partial charge in [0.05, 0.1) is 0 Å². The molecule has 2 N–H and O–H groups in total. The fourth-order valence-electron chi connectivity index (χ4n) is 1.21. The highest BCUT2D eigenvalue weighted by atomic mass is 35.5. The van der Waals surface area contributed by atoms with E-state index in [2.05, 4.69) is 10.6 Å². The normalized spacial score (nSPS) is 10.9. The lowest BCUT2D eigenvalue weighted by Gasteiger charge is -2.06. The first-order chi connectivity index (χ1) is 8.02. The molecule has 0 aliphatic carbocycles. The topological polar surface area (TPSA) is 58.2 Å². The van der Waals surface area contributed by atoms with Crippen molar-refractivity contribution in [2.45, 2.75) is 6.92 Å². The van der Waals surface area contributed by atoms with Gasteiger partial charge >= 0.3 is 0 Å². The van der Waals surface area contributed by atoms with Crippen molar-refractivity contribution in [3.8, 4) is 0 Å². The standard InChI is InChI=1S/C12H13ClN2O2/c1-8(16)15-11(12(17)14-2)7-9-3-5-10(13)6-4-9/h3-7H,1-2H3,(H,14,17)(H,15,16)/b11-7+. The number of amides is 2. The molecule has 0 heterocycles. The van der Waals surface area contributed by atoms with Gasteiger partial charge in [-0.1, -0.05) is 23.7 Å². The third-order valence-electron chi connectivity index (χ3n) is 1.96. The minimum atomic E-state index is -0.352. The lowest BCUT2D eigenvalue weighted by molar-refractivity contribution is -0.122. The highest BCUT2D eigenvalue weighted by Gasteiger charge is 2.08. The van der Waals surface area contributed by atoms with Crippen LogP contribution in [0.4, 0.5) is 0 Å². The van der Waals surface area contributed by atoms with E-state index in [-0.39, 0.29) is 17.5 Å². The number of benzene rings is 1. The SMILES string of the molecule is CNC(=O)/C(=C\c1ccc(Cl)cc1)NC(C)=O. The molecule has 0 aliphatic rings. The average molecular weight is 253 g/mol. The Morgan fingerprint density at radius 1 is 1.24 bits per heavy atom. The van der Waals surface area contributed by atoms with E-state index in [1.165, 1.54) is 14.0 Å². The van der Waals surface area contributed by atoms with Crippen LogP contribution in [0.25, 0.3) is 6.08 Å². The van der Waals surface area contributed by atoms with Gasteiger partial charge in [0.1, 0.15) is 5.70 Å². The van der Waals surface area contributed by atoms with Gasteiger partial charge in [-0.15, -0.1) is 0 Å². The van der Waals surface area contributed by atoms with Crippen molar-refractivity contribution in [1.29, 1.82) is 0 Å². The molecule has 0 aliphatic heterocycles. The molecule has 0 bridgehead atoms. The number of nitrogens with one attached hydrogen (secondary N) is 2. The molecule has 90 valence electrons. The molecule has 5 heteroatoms. The summed E-state index contributed by atoms with van der Waals surface area (Å²) in [6, 6.07) is 6.94. The summed E-state index contributed by atoms with van der Waals surface area (Å²) in [4.78, 5) is 22.5. The number of carbonyl (C=O) groups excluding carboxylic acids is 2. The van der Waals surface area contributed by atoms with Crippen molar-refractivity contribution >= 4 is 29.5 Å². The van der Waals surface area contributed by atoms with Crippen LogP contribution in [0.5, 0.6) is 0 Å². The largest absolute Gasteiger partial charge is 0.354 e. The molecule has 4 nitrogen and oxygen atoms in total. The van der Waals surface area contributed by atoms with Crippen molar-refractivity contribution in [3.63, 3.8) is 0 Å². The number of rotatable bonds is 3. The van der Waals surface area contributed by atoms with Crippen LogP contribution >= 0.6 is 11.6 Å². The summed E-state index contributed by atoms with van der Waals surface area (Å²) < 4.78 is 0. The Morgan fingerprint density at radius 2 is 1.82 bits per heavy atom. The van der Waals surface area contributed by atoms with Gasteiger partial charge in [0, 0.05) is 19.0 Å². The van der Waals surface area contributed by atoms with Gasteiger partial charge in [-0.25, -0.2) is 0 Å². The van der Waals surface area contributed by atoms with E-state index in [4.69, 9.17) is 11.6 Å². The molecule has 0 saturated heterocycles. The molecule has 0 unspecified atom stereocenters. The lowest BCUT2D eigenvalue weighted by atomic mass is 10.2. The fraction of sp³-hybridized carbons (Fsp3) is 0.167. The highest BCUT2D eigenvalue weighted by Crippen LogP contribution is 2.11. The van der Waals surface area contributed by atoms with E-state index in [1.54, 1.807) is 30.3 Å². The van der Waals surface area contributed by atoms with Crippen molar-refractivity contribution in [2.75, 3.05) is 7.05 Å². The van der Waals surface area contributed by atoms with Crippen LogP contribution in [0.1, 0.15) is 12.5 Å². The predicted molar refractivity (Wildman–Crippen MR) is 67.3 cm³/mol. The first-order valence-corrected chi connectivity index (χ1v) is 5.37. The Morgan fingerprint density at radius 3 is 2.29 bits per heavy atom. The minimum absolute atomic E-state index is 0.197. The summed E-state index contributed by atoms with van der Waals surface area (Å²) in [7, 11) is 1.50. The summed E-state index contributed by atoms with van der Waals surface area (Å²) >= 11 is 5.75. The summed E-state index contributed by atoms with van der Waals surface area (Å²) in [6.07, 6.45) is 1.58. The van der Waals surface area contributed by atoms with Crippen molar-refractivity contribution < 1.29 is 9.59 Å². The lowest BCUT2D eigenvalue weighted by Crippen LogP contribution is -2.31. The van der Waals surface area contributed by atoms with Crippen molar-refractivity contribution in [1.82, 2.24) is 10.6 Å². The summed E-state index contributed by atoms with van der Waals surface area (Å²) in [5, 5.41) is 5.54. The highest BCUT2D eigenvalue weighted by molar-refractivity contribution is 6.30. The van der Waals surface area contributed by atoms with Gasteiger partial charge in [-0.05, 0) is 23.8 Å². The van der Waals surface area contributed by atoms with Gasteiger partial charge in [-0.3, -0.25) is 9.59 Å². The van der Waals surface area contributed by atoms with E-state index in [0.29, 0.717) is 5.02 Å². The van der Waals surface area contributed by atoms with E-state index in [9.17, 15) is 9.59 Å². The molecule has 0 spiro atoms. The molecule has 0 saturated carbocycles. The van der Waals surface area contributed by atoms with Crippen LogP contribution in [0, 0.1) is 0 Å². The molecule has 1 aromatic rings. The molecule has 0 aromatic heterocycles. The fourth-order valence-corrected chi connectivity index (χ4v) is 1.33. The predicted octanol–water partition coefficient (Wildman–Crippen LogP) is 1.56. The maximum absolute atomic E-state index is 11.5. The third-order valence-corrected chi connectivity index (χ3v) is 2.22. The smallest absolute Gasteiger partial charge is 0.267 e. The first-order valence-electron chi connectivity index (χ1n) is 5.00. The quantitative estimate of drug-likeness (QED) is 0.803. The van der Waals surface area contributed by atoms with Gasteiger partial charge in [0.15, 0.2) is 0 Å². The minimum Gasteiger partial charge on any atom is -0.354 e. The molecule has 1 rings (SSSR count). The zero-order valence-corrected chi connectivity index (χ0v) is 10.3. The number of likely N-dealkylation sites (N-methyl/N-ethyl adjacent to an activating group) is 1. The van der Waals surface area contributed by atoms with Gasteiger partial charge in [-0.2, -0.15) is 0 Å². The summed E-state index contributed by atoms with van der Waals surface area (Å²) in [5.41, 5.74) is 0.976. The molecule has 0 radical (unpaired) electrons. The zero-order chi connectivity index (χ0) is 12.8. The summed E-state index contributed by atoms with van der Waals surface area (Å²) in [6.45, 7) is 1.35. The van der Waals surface area contributed by atoms with Crippen LogP contribution in [0.3, 0.4) is 0 Å². The second-order valence-corrected chi connectivity index (χ2v) is 3.81. The number of halogens is 1. The van der Waals surface area contributed by atoms with E-state index >= 15 is 0 Å². The van der Waals surface area contributed by atoms with Crippen LogP contribution < -0.4 is 10.6 Å².